The van der Waals surface area contributed by atoms with E-state index in [0.29, 0.717) is 36.3 Å². The number of hydrogen-bond donors (Lipinski definition) is 5. The second-order valence-corrected chi connectivity index (χ2v) is 12.6. The lowest BCUT2D eigenvalue weighted by molar-refractivity contribution is -0.277. The van der Waals surface area contributed by atoms with E-state index < -0.39 is 43.2 Å². The van der Waals surface area contributed by atoms with Gasteiger partial charge in [-0.25, -0.2) is 0 Å². The summed E-state index contributed by atoms with van der Waals surface area (Å²) in [6.45, 7) is 1.88. The van der Waals surface area contributed by atoms with Gasteiger partial charge in [0.05, 0.1) is 31.5 Å². The van der Waals surface area contributed by atoms with Crippen LogP contribution in [0, 0.1) is 11.8 Å². The molecule has 1 aromatic heterocycles. The number of amides is 1. The summed E-state index contributed by atoms with van der Waals surface area (Å²) in [7, 11) is 0. The first-order valence-electron chi connectivity index (χ1n) is 15.5. The topological polar surface area (TPSA) is 177 Å². The molecule has 1 amide bonds. The molecule has 0 radical (unpaired) electrons. The molecule has 9 atom stereocenters. The Morgan fingerprint density at radius 3 is 2.58 bits per heavy atom. The third-order valence-corrected chi connectivity index (χ3v) is 10.1. The maximum atomic E-state index is 13.2. The maximum absolute atomic E-state index is 13.2. The van der Waals surface area contributed by atoms with E-state index in [1.54, 1.807) is 13.2 Å². The molecular formula is C31H39NO11. The Kier molecular flexibility index (Phi) is 7.53. The fourth-order valence-corrected chi connectivity index (χ4v) is 7.96. The van der Waals surface area contributed by atoms with Crippen molar-refractivity contribution >= 4 is 22.8 Å². The number of hydrogen-bond acceptors (Lipinski definition) is 11. The number of ether oxygens (including phenoxy) is 4. The van der Waals surface area contributed by atoms with E-state index in [4.69, 9.17) is 23.4 Å². The average Bonchev–Trinajstić information content (AvgIpc) is 3.74. The molecule has 1 saturated carbocycles. The molecule has 234 valence electrons. The summed E-state index contributed by atoms with van der Waals surface area (Å²) in [6, 6.07) is 0. The summed E-state index contributed by atoms with van der Waals surface area (Å²) in [5.41, 5.74) is 3.01. The van der Waals surface area contributed by atoms with Gasteiger partial charge in [-0.05, 0) is 63.4 Å². The van der Waals surface area contributed by atoms with Gasteiger partial charge >= 0.3 is 5.97 Å². The predicted molar refractivity (Wildman–Crippen MR) is 149 cm³/mol. The molecule has 0 unspecified atom stereocenters. The number of aliphatic hydroxyl groups is 4. The molecule has 5 aliphatic rings. The lowest BCUT2D eigenvalue weighted by atomic mass is 9.72. The minimum Gasteiger partial charge on any atom is -0.483 e. The highest BCUT2D eigenvalue weighted by atomic mass is 16.7. The van der Waals surface area contributed by atoms with Gasteiger partial charge in [0, 0.05) is 34.9 Å². The van der Waals surface area contributed by atoms with E-state index in [0.717, 1.165) is 42.2 Å². The second kappa shape index (κ2) is 11.2. The number of benzene rings is 1. The molecular weight excluding hydrogens is 562 g/mol. The van der Waals surface area contributed by atoms with Gasteiger partial charge in [-0.1, -0.05) is 0 Å². The lowest BCUT2D eigenvalue weighted by Crippen LogP contribution is -2.60. The molecule has 43 heavy (non-hydrogen) atoms. The molecule has 2 saturated heterocycles. The van der Waals surface area contributed by atoms with Crippen molar-refractivity contribution in [2.75, 3.05) is 19.8 Å². The van der Waals surface area contributed by atoms with Gasteiger partial charge in [0.2, 0.25) is 17.9 Å². The number of aliphatic hydroxyl groups excluding tert-OH is 4. The Bertz CT molecular complexity index is 1400. The van der Waals surface area contributed by atoms with Crippen LogP contribution in [0.15, 0.2) is 10.7 Å². The summed E-state index contributed by atoms with van der Waals surface area (Å²) >= 11 is 0. The molecule has 3 heterocycles. The highest BCUT2D eigenvalue weighted by molar-refractivity contribution is 5.97. The zero-order valence-electron chi connectivity index (χ0n) is 24.1. The van der Waals surface area contributed by atoms with E-state index in [-0.39, 0.29) is 54.5 Å². The molecule has 3 fully saturated rings. The van der Waals surface area contributed by atoms with Crippen molar-refractivity contribution in [3.05, 3.63) is 23.0 Å². The Hall–Kier alpha value is -2.90. The van der Waals surface area contributed by atoms with Crippen molar-refractivity contribution < 1.29 is 53.4 Å². The highest BCUT2D eigenvalue weighted by Gasteiger charge is 2.49. The average molecular weight is 602 g/mol. The van der Waals surface area contributed by atoms with E-state index in [1.165, 1.54) is 0 Å². The summed E-state index contributed by atoms with van der Waals surface area (Å²) in [4.78, 5) is 26.2. The van der Waals surface area contributed by atoms with Crippen molar-refractivity contribution in [2.45, 2.75) is 101 Å². The normalized spacial score (nSPS) is 35.4. The Balaban J connectivity index is 1.42. The molecule has 0 bridgehead atoms. The first kappa shape index (κ1) is 28.8. The van der Waals surface area contributed by atoms with Gasteiger partial charge in [-0.3, -0.25) is 9.59 Å². The first-order valence-corrected chi connectivity index (χ1v) is 15.5. The smallest absolute Gasteiger partial charge is 0.309 e. The van der Waals surface area contributed by atoms with Crippen LogP contribution in [-0.2, 0) is 25.5 Å². The highest BCUT2D eigenvalue weighted by Crippen LogP contribution is 2.57. The monoisotopic (exact) mass is 601 g/mol. The largest absolute Gasteiger partial charge is 0.483 e. The van der Waals surface area contributed by atoms with Crippen LogP contribution in [0.1, 0.15) is 74.0 Å². The van der Waals surface area contributed by atoms with E-state index in [2.05, 4.69) is 5.32 Å². The first-order chi connectivity index (χ1) is 20.8. The molecule has 1 aromatic carbocycles. The number of fused-ring (bicyclic) bond motifs is 2. The predicted octanol–water partition coefficient (Wildman–Crippen LogP) is 1.38. The van der Waals surface area contributed by atoms with Gasteiger partial charge in [0.25, 0.3) is 0 Å². The third kappa shape index (κ3) is 4.69. The van der Waals surface area contributed by atoms with Crippen molar-refractivity contribution in [1.82, 2.24) is 5.32 Å². The standard InChI is InChI=1S/C31H39NO11/c1-2-39-30(38)14-7-13-8-16-18(10-32-29(16)37)19-12-40-27-22(19)21(13)17(9-14)26(28(27)41-15-5-3-4-6-15)43-31-25(36)24(35)23(34)20(11-33)42-31/h12-16,18,20,23-25,31,33-36H,2-11H2,1H3,(H,32,37)/t13-,14-,16+,18-,20+,23+,24-,25+,31-/m0/s1. The Labute approximate surface area is 248 Å². The van der Waals surface area contributed by atoms with Crippen molar-refractivity contribution in [1.29, 1.82) is 0 Å². The molecule has 2 aliphatic heterocycles. The van der Waals surface area contributed by atoms with E-state index >= 15 is 0 Å². The zero-order chi connectivity index (χ0) is 30.0. The number of furan rings is 1. The van der Waals surface area contributed by atoms with Crippen LogP contribution in [-0.4, -0.2) is 88.9 Å². The molecule has 0 spiro atoms. The minimum absolute atomic E-state index is 0.0211. The maximum Gasteiger partial charge on any atom is 0.309 e. The minimum atomic E-state index is -1.64. The van der Waals surface area contributed by atoms with Crippen LogP contribution in [0.3, 0.4) is 0 Å². The summed E-state index contributed by atoms with van der Waals surface area (Å²) < 4.78 is 30.5. The SMILES string of the molecule is CCOC(=O)[C@@H]1Cc2c(O[C@@H]3O[C@H](CO)[C@@H](O)[C@H](O)[C@H]3O)c(OC3CCCC3)c3occ4c3c2[C@@H](C1)C[C@H]1C(=O)NC[C@H]41. The second-order valence-electron chi connectivity index (χ2n) is 12.6. The van der Waals surface area contributed by atoms with Gasteiger partial charge < -0.3 is 49.1 Å². The molecule has 2 aromatic rings. The number of esters is 1. The summed E-state index contributed by atoms with van der Waals surface area (Å²) in [6.07, 6.45) is -0.893. The zero-order valence-corrected chi connectivity index (χ0v) is 24.1. The third-order valence-electron chi connectivity index (χ3n) is 10.1. The number of nitrogens with one attached hydrogen (secondary N) is 1. The quantitative estimate of drug-likeness (QED) is 0.290. The van der Waals surface area contributed by atoms with E-state index in [9.17, 15) is 30.0 Å². The van der Waals surface area contributed by atoms with Crippen LogP contribution in [0.2, 0.25) is 0 Å². The van der Waals surface area contributed by atoms with Gasteiger partial charge in [-0.2, -0.15) is 0 Å². The van der Waals surface area contributed by atoms with E-state index in [1.807, 2.05) is 0 Å². The summed E-state index contributed by atoms with van der Waals surface area (Å²) in [5.74, 6) is -0.891. The fraction of sp³-hybridized carbons (Fsp3) is 0.677. The van der Waals surface area contributed by atoms with Gasteiger partial charge in [0.1, 0.15) is 24.4 Å². The molecule has 7 rings (SSSR count). The number of rotatable bonds is 7. The number of carbonyl (C=O) groups excluding carboxylic acids is 2. The van der Waals surface area contributed by atoms with Crippen molar-refractivity contribution in [2.24, 2.45) is 11.8 Å². The molecule has 12 nitrogen and oxygen atoms in total. The lowest BCUT2D eigenvalue weighted by Gasteiger charge is -2.40. The Morgan fingerprint density at radius 2 is 1.84 bits per heavy atom. The van der Waals surface area contributed by atoms with Crippen LogP contribution in [0.4, 0.5) is 0 Å². The van der Waals surface area contributed by atoms with Crippen molar-refractivity contribution in [3.63, 3.8) is 0 Å². The number of carbonyl (C=O) groups is 2. The Morgan fingerprint density at radius 1 is 1.05 bits per heavy atom. The molecule has 3 aliphatic carbocycles. The van der Waals surface area contributed by atoms with Crippen LogP contribution in [0.5, 0.6) is 11.5 Å². The summed E-state index contributed by atoms with van der Waals surface area (Å²) in [5, 5.41) is 45.5. The van der Waals surface area contributed by atoms with Crippen LogP contribution >= 0.6 is 0 Å². The van der Waals surface area contributed by atoms with Crippen molar-refractivity contribution in [3.8, 4) is 11.5 Å². The fourth-order valence-electron chi connectivity index (χ4n) is 7.96. The molecule has 5 N–H and O–H groups in total. The van der Waals surface area contributed by atoms with Gasteiger partial charge in [-0.15, -0.1) is 0 Å². The van der Waals surface area contributed by atoms with Gasteiger partial charge in [0.15, 0.2) is 11.3 Å². The van der Waals surface area contributed by atoms with Crippen LogP contribution < -0.4 is 14.8 Å². The van der Waals surface area contributed by atoms with Crippen LogP contribution in [0.25, 0.3) is 11.0 Å². The molecule has 12 heteroatoms.